The number of ether oxygens (including phenoxy) is 1. The quantitative estimate of drug-likeness (QED) is 0.515. The minimum Gasteiger partial charge on any atom is -0.381 e. The van der Waals surface area contributed by atoms with Crippen molar-refractivity contribution in [3.63, 3.8) is 0 Å². The average Bonchev–Trinajstić information content (AvgIpc) is 2.33. The van der Waals surface area contributed by atoms with E-state index < -0.39 is 0 Å². The normalized spacial score (nSPS) is 47.4. The van der Waals surface area contributed by atoms with E-state index in [4.69, 9.17) is 4.74 Å². The van der Waals surface area contributed by atoms with E-state index in [-0.39, 0.29) is 0 Å². The molecule has 0 saturated carbocycles. The molecule has 0 N–H and O–H groups in total. The molecule has 1 spiro atoms. The minimum atomic E-state index is 0.408. The lowest BCUT2D eigenvalue weighted by atomic mass is 9.56. The lowest BCUT2D eigenvalue weighted by molar-refractivity contribution is 0.0297. The van der Waals surface area contributed by atoms with Crippen LogP contribution in [0.25, 0.3) is 0 Å². The molecule has 0 radical (unpaired) electrons. The zero-order valence-electron chi connectivity index (χ0n) is 7.91. The zero-order valence-corrected chi connectivity index (χ0v) is 7.91. The summed E-state index contributed by atoms with van der Waals surface area (Å²) in [5, 5.41) is 0. The first-order valence-corrected chi connectivity index (χ1v) is 5.36. The highest BCUT2D eigenvalue weighted by Crippen LogP contribution is 2.53. The standard InChI is InChI=1S/C12H16O/c1-3-10-5-2-8-13-9-12(10)7-6-11(12)4-1/h1,3,6-7,10-11H,2,4-5,8-9H2/t10-,11+,12-/m1/s1. The largest absolute Gasteiger partial charge is 0.381 e. The summed E-state index contributed by atoms with van der Waals surface area (Å²) in [6.45, 7) is 1.93. The first-order chi connectivity index (χ1) is 6.42. The van der Waals surface area contributed by atoms with Gasteiger partial charge in [0, 0.05) is 12.0 Å². The first-order valence-electron chi connectivity index (χ1n) is 5.36. The first kappa shape index (κ1) is 7.81. The molecule has 0 bridgehead atoms. The molecule has 0 unspecified atom stereocenters. The molecule has 3 atom stereocenters. The van der Waals surface area contributed by atoms with E-state index >= 15 is 0 Å². The summed E-state index contributed by atoms with van der Waals surface area (Å²) >= 11 is 0. The molecule has 1 fully saturated rings. The number of allylic oxidation sites excluding steroid dienone is 3. The van der Waals surface area contributed by atoms with Crippen molar-refractivity contribution in [2.24, 2.45) is 17.3 Å². The molecule has 0 aromatic rings. The third kappa shape index (κ3) is 0.969. The van der Waals surface area contributed by atoms with E-state index in [0.29, 0.717) is 5.41 Å². The summed E-state index contributed by atoms with van der Waals surface area (Å²) in [4.78, 5) is 0. The Morgan fingerprint density at radius 2 is 2.23 bits per heavy atom. The molecule has 3 rings (SSSR count). The van der Waals surface area contributed by atoms with Gasteiger partial charge in [-0.3, -0.25) is 0 Å². The Hall–Kier alpha value is -0.560. The lowest BCUT2D eigenvalue weighted by Gasteiger charge is -2.49. The maximum atomic E-state index is 5.70. The Balaban J connectivity index is 1.95. The molecule has 70 valence electrons. The van der Waals surface area contributed by atoms with Gasteiger partial charge in [0.2, 0.25) is 0 Å². The molecule has 1 heteroatoms. The van der Waals surface area contributed by atoms with Gasteiger partial charge in [-0.1, -0.05) is 24.3 Å². The van der Waals surface area contributed by atoms with Gasteiger partial charge < -0.3 is 4.74 Å². The Morgan fingerprint density at radius 3 is 3.08 bits per heavy atom. The van der Waals surface area contributed by atoms with Gasteiger partial charge in [-0.25, -0.2) is 0 Å². The Morgan fingerprint density at radius 1 is 1.23 bits per heavy atom. The second kappa shape index (κ2) is 2.71. The summed E-state index contributed by atoms with van der Waals surface area (Å²) in [5.41, 5.74) is 0.408. The van der Waals surface area contributed by atoms with Crippen molar-refractivity contribution < 1.29 is 4.74 Å². The monoisotopic (exact) mass is 176 g/mol. The van der Waals surface area contributed by atoms with Crippen LogP contribution in [0, 0.1) is 17.3 Å². The summed E-state index contributed by atoms with van der Waals surface area (Å²) in [6, 6.07) is 0. The molecule has 1 aliphatic heterocycles. The SMILES string of the molecule is C1=C[C@@H]2CCCOC[C@]23C=C[C@@H]3C1. The van der Waals surface area contributed by atoms with Crippen LogP contribution in [0.4, 0.5) is 0 Å². The van der Waals surface area contributed by atoms with E-state index in [1.54, 1.807) is 0 Å². The molecule has 0 amide bonds. The van der Waals surface area contributed by atoms with Crippen molar-refractivity contribution in [2.45, 2.75) is 19.3 Å². The highest BCUT2D eigenvalue weighted by Gasteiger charge is 2.48. The lowest BCUT2D eigenvalue weighted by Crippen LogP contribution is -2.45. The Kier molecular flexibility index (Phi) is 1.63. The summed E-state index contributed by atoms with van der Waals surface area (Å²) in [7, 11) is 0. The van der Waals surface area contributed by atoms with Gasteiger partial charge >= 0.3 is 0 Å². The van der Waals surface area contributed by atoms with Crippen molar-refractivity contribution in [1.82, 2.24) is 0 Å². The number of hydrogen-bond acceptors (Lipinski definition) is 1. The molecular formula is C12H16O. The zero-order chi connectivity index (χ0) is 8.73. The van der Waals surface area contributed by atoms with Crippen LogP contribution in [0.3, 0.4) is 0 Å². The molecule has 1 saturated heterocycles. The van der Waals surface area contributed by atoms with Crippen LogP contribution in [-0.2, 0) is 4.74 Å². The number of rotatable bonds is 0. The van der Waals surface area contributed by atoms with Crippen LogP contribution in [0.5, 0.6) is 0 Å². The summed E-state index contributed by atoms with van der Waals surface area (Å²) in [6.07, 6.45) is 13.3. The topological polar surface area (TPSA) is 9.23 Å². The van der Waals surface area contributed by atoms with Crippen molar-refractivity contribution >= 4 is 0 Å². The van der Waals surface area contributed by atoms with Crippen LogP contribution in [0.15, 0.2) is 24.3 Å². The van der Waals surface area contributed by atoms with E-state index in [2.05, 4.69) is 24.3 Å². The predicted molar refractivity (Wildman–Crippen MR) is 52.4 cm³/mol. The smallest absolute Gasteiger partial charge is 0.0568 e. The maximum absolute atomic E-state index is 5.70. The second-order valence-corrected chi connectivity index (χ2v) is 4.54. The van der Waals surface area contributed by atoms with E-state index in [0.717, 1.165) is 25.0 Å². The average molecular weight is 176 g/mol. The van der Waals surface area contributed by atoms with Crippen molar-refractivity contribution in [3.05, 3.63) is 24.3 Å². The summed E-state index contributed by atoms with van der Waals surface area (Å²) < 4.78 is 5.70. The van der Waals surface area contributed by atoms with Crippen LogP contribution in [0.1, 0.15) is 19.3 Å². The van der Waals surface area contributed by atoms with Gasteiger partial charge in [-0.05, 0) is 31.1 Å². The van der Waals surface area contributed by atoms with Crippen LogP contribution >= 0.6 is 0 Å². The van der Waals surface area contributed by atoms with Crippen molar-refractivity contribution in [3.8, 4) is 0 Å². The van der Waals surface area contributed by atoms with E-state index in [1.807, 2.05) is 0 Å². The molecule has 0 aromatic heterocycles. The molecule has 3 aliphatic rings. The van der Waals surface area contributed by atoms with Crippen LogP contribution < -0.4 is 0 Å². The highest BCUT2D eigenvalue weighted by molar-refractivity contribution is 5.27. The maximum Gasteiger partial charge on any atom is 0.0568 e. The molecular weight excluding hydrogens is 160 g/mol. The van der Waals surface area contributed by atoms with E-state index in [9.17, 15) is 0 Å². The van der Waals surface area contributed by atoms with Gasteiger partial charge in [-0.15, -0.1) is 0 Å². The fourth-order valence-corrected chi connectivity index (χ4v) is 3.03. The molecule has 1 nitrogen and oxygen atoms in total. The van der Waals surface area contributed by atoms with Gasteiger partial charge in [0.1, 0.15) is 0 Å². The third-order valence-electron chi connectivity index (χ3n) is 3.93. The summed E-state index contributed by atoms with van der Waals surface area (Å²) in [5.74, 6) is 1.54. The van der Waals surface area contributed by atoms with Gasteiger partial charge in [0.25, 0.3) is 0 Å². The molecule has 2 aliphatic carbocycles. The minimum absolute atomic E-state index is 0.408. The molecule has 0 aromatic carbocycles. The number of hydrogen-bond donors (Lipinski definition) is 0. The fourth-order valence-electron chi connectivity index (χ4n) is 3.03. The van der Waals surface area contributed by atoms with Crippen LogP contribution in [-0.4, -0.2) is 13.2 Å². The highest BCUT2D eigenvalue weighted by atomic mass is 16.5. The van der Waals surface area contributed by atoms with Gasteiger partial charge in [-0.2, -0.15) is 0 Å². The van der Waals surface area contributed by atoms with Crippen molar-refractivity contribution in [2.75, 3.05) is 13.2 Å². The second-order valence-electron chi connectivity index (χ2n) is 4.54. The molecule has 1 heterocycles. The van der Waals surface area contributed by atoms with Crippen molar-refractivity contribution in [1.29, 1.82) is 0 Å². The van der Waals surface area contributed by atoms with Gasteiger partial charge in [0.05, 0.1) is 6.61 Å². The predicted octanol–water partition coefficient (Wildman–Crippen LogP) is 2.55. The molecule has 13 heavy (non-hydrogen) atoms. The Labute approximate surface area is 79.5 Å². The van der Waals surface area contributed by atoms with Gasteiger partial charge in [0.15, 0.2) is 0 Å². The fraction of sp³-hybridized carbons (Fsp3) is 0.667. The van der Waals surface area contributed by atoms with E-state index in [1.165, 1.54) is 19.3 Å². The van der Waals surface area contributed by atoms with Crippen LogP contribution in [0.2, 0.25) is 0 Å². The third-order valence-corrected chi connectivity index (χ3v) is 3.93. The Bertz CT molecular complexity index is 264.